The van der Waals surface area contributed by atoms with Crippen LogP contribution in [-0.2, 0) is 4.74 Å². The highest BCUT2D eigenvalue weighted by Gasteiger charge is 2.26. The van der Waals surface area contributed by atoms with Gasteiger partial charge in [-0.1, -0.05) is 6.92 Å². The van der Waals surface area contributed by atoms with Crippen molar-refractivity contribution in [3.8, 4) is 0 Å². The molecule has 72 valence electrons. The first kappa shape index (κ1) is 9.96. The molecule has 3 nitrogen and oxygen atoms in total. The molecule has 0 aliphatic carbocycles. The summed E-state index contributed by atoms with van der Waals surface area (Å²) in [6.07, 6.45) is 1.56. The fourth-order valence-corrected chi connectivity index (χ4v) is 1.81. The number of nitrogens with zero attached hydrogens (tertiary/aromatic N) is 1. The third-order valence-electron chi connectivity index (χ3n) is 2.53. The minimum Gasteiger partial charge on any atom is -0.378 e. The van der Waals surface area contributed by atoms with Gasteiger partial charge >= 0.3 is 0 Å². The van der Waals surface area contributed by atoms with Gasteiger partial charge in [0, 0.05) is 19.7 Å². The molecule has 1 fully saturated rings. The maximum absolute atomic E-state index is 5.42. The minimum atomic E-state index is 0.365. The molecule has 2 atom stereocenters. The lowest BCUT2D eigenvalue weighted by atomic mass is 10.0. The van der Waals surface area contributed by atoms with E-state index in [9.17, 15) is 0 Å². The summed E-state index contributed by atoms with van der Waals surface area (Å²) in [6.45, 7) is 5.41. The number of rotatable bonds is 3. The standard InChI is InChI=1S/C9H20N2O/c1-4-10-8-5-6-11(2)7-9(8)12-3/h8-10H,4-7H2,1-3H3. The SMILES string of the molecule is CCNC1CCN(C)CC1OC. The Hall–Kier alpha value is -0.120. The molecule has 0 amide bonds. The maximum atomic E-state index is 5.42. The van der Waals surface area contributed by atoms with Crippen molar-refractivity contribution in [2.45, 2.75) is 25.5 Å². The van der Waals surface area contributed by atoms with Gasteiger partial charge in [-0.2, -0.15) is 0 Å². The summed E-state index contributed by atoms with van der Waals surface area (Å²) < 4.78 is 5.42. The van der Waals surface area contributed by atoms with Gasteiger partial charge in [0.25, 0.3) is 0 Å². The van der Waals surface area contributed by atoms with E-state index >= 15 is 0 Å². The number of hydrogen-bond acceptors (Lipinski definition) is 3. The molecule has 0 spiro atoms. The fraction of sp³-hybridized carbons (Fsp3) is 1.00. The molecule has 1 N–H and O–H groups in total. The second-order valence-corrected chi connectivity index (χ2v) is 3.49. The molecule has 1 heterocycles. The van der Waals surface area contributed by atoms with Gasteiger partial charge in [0.1, 0.15) is 0 Å². The van der Waals surface area contributed by atoms with E-state index in [0.29, 0.717) is 12.1 Å². The van der Waals surface area contributed by atoms with Crippen LogP contribution in [0.25, 0.3) is 0 Å². The molecule has 1 saturated heterocycles. The molecule has 2 unspecified atom stereocenters. The summed E-state index contributed by atoms with van der Waals surface area (Å²) in [6, 6.07) is 0.552. The van der Waals surface area contributed by atoms with Crippen LogP contribution in [0.5, 0.6) is 0 Å². The zero-order valence-electron chi connectivity index (χ0n) is 8.34. The van der Waals surface area contributed by atoms with Crippen molar-refractivity contribution < 1.29 is 4.74 Å². The van der Waals surface area contributed by atoms with E-state index in [-0.39, 0.29) is 0 Å². The van der Waals surface area contributed by atoms with Gasteiger partial charge in [-0.05, 0) is 26.6 Å². The molecule has 1 aliphatic heterocycles. The Morgan fingerprint density at radius 2 is 2.33 bits per heavy atom. The number of hydrogen-bond donors (Lipinski definition) is 1. The lowest BCUT2D eigenvalue weighted by Gasteiger charge is -2.36. The van der Waals surface area contributed by atoms with Crippen LogP contribution in [0.1, 0.15) is 13.3 Å². The Bertz CT molecular complexity index is 130. The molecule has 0 aromatic carbocycles. The van der Waals surface area contributed by atoms with E-state index in [1.807, 2.05) is 0 Å². The average molecular weight is 172 g/mol. The Morgan fingerprint density at radius 1 is 1.58 bits per heavy atom. The van der Waals surface area contributed by atoms with E-state index in [4.69, 9.17) is 4.74 Å². The van der Waals surface area contributed by atoms with Gasteiger partial charge in [-0.3, -0.25) is 0 Å². The highest BCUT2D eigenvalue weighted by molar-refractivity contribution is 4.84. The summed E-state index contributed by atoms with van der Waals surface area (Å²) in [4.78, 5) is 2.32. The first-order valence-electron chi connectivity index (χ1n) is 4.72. The minimum absolute atomic E-state index is 0.365. The number of ether oxygens (including phenoxy) is 1. The van der Waals surface area contributed by atoms with Crippen LogP contribution in [-0.4, -0.2) is 50.8 Å². The van der Waals surface area contributed by atoms with Gasteiger partial charge in [-0.25, -0.2) is 0 Å². The molecule has 0 aromatic rings. The highest BCUT2D eigenvalue weighted by atomic mass is 16.5. The van der Waals surface area contributed by atoms with Crippen LogP contribution in [0.4, 0.5) is 0 Å². The molecule has 1 aliphatic rings. The van der Waals surface area contributed by atoms with Crippen molar-refractivity contribution in [3.63, 3.8) is 0 Å². The van der Waals surface area contributed by atoms with Crippen LogP contribution in [0.15, 0.2) is 0 Å². The normalized spacial score (nSPS) is 32.2. The van der Waals surface area contributed by atoms with E-state index in [1.54, 1.807) is 7.11 Å². The lowest BCUT2D eigenvalue weighted by molar-refractivity contribution is 0.0147. The summed E-state index contributed by atoms with van der Waals surface area (Å²) in [5.74, 6) is 0. The van der Waals surface area contributed by atoms with Crippen molar-refractivity contribution in [2.24, 2.45) is 0 Å². The summed E-state index contributed by atoms with van der Waals surface area (Å²) >= 11 is 0. The Morgan fingerprint density at radius 3 is 2.92 bits per heavy atom. The largest absolute Gasteiger partial charge is 0.378 e. The molecular weight excluding hydrogens is 152 g/mol. The third-order valence-corrected chi connectivity index (χ3v) is 2.53. The van der Waals surface area contributed by atoms with E-state index in [0.717, 1.165) is 13.1 Å². The Kier molecular flexibility index (Phi) is 3.98. The predicted octanol–water partition coefficient (Wildman–Crippen LogP) is 0.315. The quantitative estimate of drug-likeness (QED) is 0.663. The van der Waals surface area contributed by atoms with Crippen LogP contribution in [0.2, 0.25) is 0 Å². The molecule has 1 rings (SSSR count). The number of methoxy groups -OCH3 is 1. The van der Waals surface area contributed by atoms with E-state index in [1.165, 1.54) is 13.0 Å². The summed E-state index contributed by atoms with van der Waals surface area (Å²) in [7, 11) is 3.95. The molecule has 0 aromatic heterocycles. The number of likely N-dealkylation sites (tertiary alicyclic amines) is 1. The zero-order chi connectivity index (χ0) is 8.97. The average Bonchev–Trinajstić information content (AvgIpc) is 2.08. The third kappa shape index (κ3) is 2.44. The first-order valence-corrected chi connectivity index (χ1v) is 4.72. The van der Waals surface area contributed by atoms with Crippen molar-refractivity contribution in [3.05, 3.63) is 0 Å². The fourth-order valence-electron chi connectivity index (χ4n) is 1.81. The monoisotopic (exact) mass is 172 g/mol. The van der Waals surface area contributed by atoms with Gasteiger partial charge in [0.15, 0.2) is 0 Å². The van der Waals surface area contributed by atoms with E-state index in [2.05, 4.69) is 24.2 Å². The number of piperidine rings is 1. The Balaban J connectivity index is 2.39. The van der Waals surface area contributed by atoms with Crippen molar-refractivity contribution in [1.29, 1.82) is 0 Å². The van der Waals surface area contributed by atoms with Gasteiger partial charge in [-0.15, -0.1) is 0 Å². The second-order valence-electron chi connectivity index (χ2n) is 3.49. The predicted molar refractivity (Wildman–Crippen MR) is 50.4 cm³/mol. The van der Waals surface area contributed by atoms with Gasteiger partial charge in [0.05, 0.1) is 6.10 Å². The summed E-state index contributed by atoms with van der Waals surface area (Å²) in [5, 5.41) is 3.45. The van der Waals surface area contributed by atoms with Gasteiger partial charge in [0.2, 0.25) is 0 Å². The smallest absolute Gasteiger partial charge is 0.0851 e. The van der Waals surface area contributed by atoms with Crippen LogP contribution >= 0.6 is 0 Å². The van der Waals surface area contributed by atoms with Crippen LogP contribution < -0.4 is 5.32 Å². The van der Waals surface area contributed by atoms with Crippen molar-refractivity contribution in [2.75, 3.05) is 33.8 Å². The number of nitrogens with one attached hydrogen (secondary N) is 1. The van der Waals surface area contributed by atoms with Crippen LogP contribution in [0, 0.1) is 0 Å². The van der Waals surface area contributed by atoms with Gasteiger partial charge < -0.3 is 15.0 Å². The van der Waals surface area contributed by atoms with Crippen LogP contribution in [0.3, 0.4) is 0 Å². The topological polar surface area (TPSA) is 24.5 Å². The maximum Gasteiger partial charge on any atom is 0.0851 e. The molecule has 0 radical (unpaired) electrons. The van der Waals surface area contributed by atoms with Crippen molar-refractivity contribution >= 4 is 0 Å². The van der Waals surface area contributed by atoms with E-state index < -0.39 is 0 Å². The van der Waals surface area contributed by atoms with Crippen molar-refractivity contribution in [1.82, 2.24) is 10.2 Å². The molecular formula is C9H20N2O. The highest BCUT2D eigenvalue weighted by Crippen LogP contribution is 2.11. The molecule has 12 heavy (non-hydrogen) atoms. The Labute approximate surface area is 75.1 Å². The zero-order valence-corrected chi connectivity index (χ0v) is 8.34. The summed E-state index contributed by atoms with van der Waals surface area (Å²) in [5.41, 5.74) is 0. The number of likely N-dealkylation sites (N-methyl/N-ethyl adjacent to an activating group) is 2. The molecule has 3 heteroatoms. The molecule has 0 saturated carbocycles. The lowest BCUT2D eigenvalue weighted by Crippen LogP contribution is -2.52. The first-order chi connectivity index (χ1) is 5.77. The second kappa shape index (κ2) is 4.80. The molecule has 0 bridgehead atoms.